The lowest BCUT2D eigenvalue weighted by atomic mass is 9.91. The Labute approximate surface area is 158 Å². The fraction of sp³-hybridized carbons (Fsp3) is 0.381. The van der Waals surface area contributed by atoms with Crippen LogP contribution in [0.3, 0.4) is 0 Å². The molecule has 2 aromatic rings. The Bertz CT molecular complexity index is 845. The van der Waals surface area contributed by atoms with E-state index in [0.29, 0.717) is 31.1 Å². The number of nitrogens with zero attached hydrogens (tertiary/aromatic N) is 2. The summed E-state index contributed by atoms with van der Waals surface area (Å²) in [5.74, 6) is 0.262. The van der Waals surface area contributed by atoms with Gasteiger partial charge in [-0.3, -0.25) is 14.6 Å². The maximum absolute atomic E-state index is 12.7. The summed E-state index contributed by atoms with van der Waals surface area (Å²) >= 11 is 0. The smallest absolute Gasteiger partial charge is 0.253 e. The number of fused-ring (bicyclic) bond motifs is 1. The zero-order chi connectivity index (χ0) is 18.8. The van der Waals surface area contributed by atoms with Gasteiger partial charge in [-0.05, 0) is 30.5 Å². The molecule has 0 spiro atoms. The molecule has 2 amide bonds. The fourth-order valence-corrected chi connectivity index (χ4v) is 3.93. The number of pyridine rings is 1. The Morgan fingerprint density at radius 1 is 1.15 bits per heavy atom. The molecule has 140 valence electrons. The molecule has 1 aromatic carbocycles. The molecule has 0 aliphatic carbocycles. The van der Waals surface area contributed by atoms with Crippen molar-refractivity contribution in [1.82, 2.24) is 15.2 Å². The third-order valence-electron chi connectivity index (χ3n) is 5.54. The van der Waals surface area contributed by atoms with E-state index >= 15 is 0 Å². The van der Waals surface area contributed by atoms with Crippen LogP contribution in [0.15, 0.2) is 42.5 Å². The molecule has 1 unspecified atom stereocenters. The van der Waals surface area contributed by atoms with Gasteiger partial charge in [0, 0.05) is 37.7 Å². The number of likely N-dealkylation sites (tertiary alicyclic amines) is 1. The van der Waals surface area contributed by atoms with Crippen LogP contribution in [0.25, 0.3) is 0 Å². The van der Waals surface area contributed by atoms with Gasteiger partial charge in [0.1, 0.15) is 6.04 Å². The van der Waals surface area contributed by atoms with Crippen LogP contribution >= 0.6 is 0 Å². The van der Waals surface area contributed by atoms with E-state index in [1.54, 1.807) is 0 Å². The van der Waals surface area contributed by atoms with Crippen molar-refractivity contribution in [1.29, 1.82) is 0 Å². The number of hydrogen-bond acceptors (Lipinski definition) is 4. The fourth-order valence-electron chi connectivity index (χ4n) is 3.93. The molecular weight excluding hydrogens is 340 g/mol. The number of benzene rings is 1. The van der Waals surface area contributed by atoms with Crippen molar-refractivity contribution in [3.8, 4) is 0 Å². The normalized spacial score (nSPS) is 18.6. The molecule has 4 rings (SSSR count). The van der Waals surface area contributed by atoms with Crippen LogP contribution in [-0.4, -0.2) is 41.3 Å². The van der Waals surface area contributed by atoms with Gasteiger partial charge in [0.15, 0.2) is 0 Å². The van der Waals surface area contributed by atoms with E-state index in [1.807, 2.05) is 47.4 Å². The van der Waals surface area contributed by atoms with Crippen LogP contribution in [-0.2, 0) is 11.2 Å². The number of carbonyl (C=O) groups excluding carboxylic acids is 2. The average Bonchev–Trinajstić information content (AvgIpc) is 2.73. The summed E-state index contributed by atoms with van der Waals surface area (Å²) in [7, 11) is 0. The van der Waals surface area contributed by atoms with E-state index in [2.05, 4.69) is 5.32 Å². The molecule has 2 aliphatic heterocycles. The lowest BCUT2D eigenvalue weighted by Crippen LogP contribution is -2.43. The molecule has 1 atom stereocenters. The minimum Gasteiger partial charge on any atom is -0.352 e. The van der Waals surface area contributed by atoms with Gasteiger partial charge in [0.05, 0.1) is 11.3 Å². The molecule has 6 heteroatoms. The van der Waals surface area contributed by atoms with Crippen molar-refractivity contribution in [2.45, 2.75) is 31.2 Å². The van der Waals surface area contributed by atoms with E-state index in [9.17, 15) is 9.59 Å². The van der Waals surface area contributed by atoms with Crippen molar-refractivity contribution >= 4 is 11.8 Å². The van der Waals surface area contributed by atoms with Gasteiger partial charge in [-0.2, -0.15) is 0 Å². The number of nitrogens with two attached hydrogens (primary N) is 1. The summed E-state index contributed by atoms with van der Waals surface area (Å²) in [6, 6.07) is 12.7. The summed E-state index contributed by atoms with van der Waals surface area (Å²) in [5, 5.41) is 2.84. The zero-order valence-corrected chi connectivity index (χ0v) is 15.2. The minimum atomic E-state index is -0.608. The highest BCUT2D eigenvalue weighted by Gasteiger charge is 2.29. The number of rotatable bonds is 3. The molecule has 3 heterocycles. The molecule has 3 N–H and O–H groups in total. The standard InChI is InChI=1S/C21H24N4O2/c22-19(15-4-2-1-3-5-15)21(27)25-12-9-14(10-13-25)17-7-6-16-18(24-17)8-11-23-20(16)26/h1-7,14,19H,8-13,22H2,(H,23,26). The van der Waals surface area contributed by atoms with Gasteiger partial charge in [0.2, 0.25) is 5.91 Å². The van der Waals surface area contributed by atoms with Crippen LogP contribution in [0.2, 0.25) is 0 Å². The predicted octanol–water partition coefficient (Wildman–Crippen LogP) is 1.77. The second-order valence-corrected chi connectivity index (χ2v) is 7.22. The van der Waals surface area contributed by atoms with Gasteiger partial charge in [-0.1, -0.05) is 30.3 Å². The van der Waals surface area contributed by atoms with Crippen LogP contribution in [0.4, 0.5) is 0 Å². The Balaban J connectivity index is 1.40. The number of amides is 2. The zero-order valence-electron chi connectivity index (χ0n) is 15.2. The van der Waals surface area contributed by atoms with Crippen molar-refractivity contribution in [2.24, 2.45) is 5.73 Å². The largest absolute Gasteiger partial charge is 0.352 e. The van der Waals surface area contributed by atoms with Crippen molar-refractivity contribution in [3.63, 3.8) is 0 Å². The number of carbonyl (C=O) groups is 2. The minimum absolute atomic E-state index is 0.0188. The third kappa shape index (κ3) is 3.57. The first-order chi connectivity index (χ1) is 13.1. The number of nitrogens with one attached hydrogen (secondary N) is 1. The Morgan fingerprint density at radius 2 is 1.89 bits per heavy atom. The Kier molecular flexibility index (Phi) is 4.90. The van der Waals surface area contributed by atoms with Gasteiger partial charge >= 0.3 is 0 Å². The van der Waals surface area contributed by atoms with Crippen molar-refractivity contribution in [2.75, 3.05) is 19.6 Å². The summed E-state index contributed by atoms with van der Waals surface area (Å²) in [6.07, 6.45) is 2.51. The number of hydrogen-bond donors (Lipinski definition) is 2. The summed E-state index contributed by atoms with van der Waals surface area (Å²) in [6.45, 7) is 2.01. The quantitative estimate of drug-likeness (QED) is 0.869. The first-order valence-corrected chi connectivity index (χ1v) is 9.51. The summed E-state index contributed by atoms with van der Waals surface area (Å²) in [5.41, 5.74) is 9.62. The van der Waals surface area contributed by atoms with E-state index < -0.39 is 6.04 Å². The molecule has 1 aromatic heterocycles. The predicted molar refractivity (Wildman–Crippen MR) is 102 cm³/mol. The van der Waals surface area contributed by atoms with Gasteiger partial charge in [0.25, 0.3) is 5.91 Å². The maximum atomic E-state index is 12.7. The molecular formula is C21H24N4O2. The van der Waals surface area contributed by atoms with Crippen LogP contribution in [0, 0.1) is 0 Å². The Morgan fingerprint density at radius 3 is 2.63 bits per heavy atom. The number of aromatic nitrogens is 1. The van der Waals surface area contributed by atoms with Gasteiger partial charge in [-0.15, -0.1) is 0 Å². The molecule has 27 heavy (non-hydrogen) atoms. The van der Waals surface area contributed by atoms with Gasteiger partial charge in [-0.25, -0.2) is 0 Å². The monoisotopic (exact) mass is 364 g/mol. The van der Waals surface area contributed by atoms with E-state index in [-0.39, 0.29) is 11.8 Å². The molecule has 6 nitrogen and oxygen atoms in total. The second-order valence-electron chi connectivity index (χ2n) is 7.22. The van der Waals surface area contributed by atoms with Crippen LogP contribution in [0.1, 0.15) is 52.1 Å². The third-order valence-corrected chi connectivity index (χ3v) is 5.54. The topological polar surface area (TPSA) is 88.3 Å². The summed E-state index contributed by atoms with van der Waals surface area (Å²) in [4.78, 5) is 31.2. The first-order valence-electron chi connectivity index (χ1n) is 9.51. The highest BCUT2D eigenvalue weighted by atomic mass is 16.2. The SMILES string of the molecule is NC(C(=O)N1CCC(c2ccc3c(n2)CCNC3=O)CC1)c1ccccc1. The first kappa shape index (κ1) is 17.7. The van der Waals surface area contributed by atoms with Gasteiger partial charge < -0.3 is 16.0 Å². The lowest BCUT2D eigenvalue weighted by molar-refractivity contribution is -0.133. The second kappa shape index (κ2) is 7.48. The van der Waals surface area contributed by atoms with Crippen molar-refractivity contribution in [3.05, 3.63) is 65.0 Å². The molecule has 1 saturated heterocycles. The number of piperidine rings is 1. The molecule has 0 radical (unpaired) electrons. The summed E-state index contributed by atoms with van der Waals surface area (Å²) < 4.78 is 0. The van der Waals surface area contributed by atoms with E-state index in [4.69, 9.17) is 10.7 Å². The molecule has 0 saturated carbocycles. The van der Waals surface area contributed by atoms with Crippen LogP contribution in [0.5, 0.6) is 0 Å². The average molecular weight is 364 g/mol. The highest BCUT2D eigenvalue weighted by molar-refractivity contribution is 5.96. The van der Waals surface area contributed by atoms with Crippen molar-refractivity contribution < 1.29 is 9.59 Å². The molecule has 1 fully saturated rings. The highest BCUT2D eigenvalue weighted by Crippen LogP contribution is 2.29. The van der Waals surface area contributed by atoms with Crippen LogP contribution < -0.4 is 11.1 Å². The Hall–Kier alpha value is -2.73. The molecule has 2 aliphatic rings. The van der Waals surface area contributed by atoms with E-state index in [1.165, 1.54) is 0 Å². The molecule has 0 bridgehead atoms. The van der Waals surface area contributed by atoms with E-state index in [0.717, 1.165) is 36.2 Å². The maximum Gasteiger partial charge on any atom is 0.253 e. The lowest BCUT2D eigenvalue weighted by Gasteiger charge is -2.33.